The molecule has 6 heteroatoms. The van der Waals surface area contributed by atoms with Crippen LogP contribution in [0.15, 0.2) is 36.4 Å². The number of hydrogen-bond donors (Lipinski definition) is 2. The number of carboxylic acid groups (broad SMARTS) is 1. The third-order valence-electron chi connectivity index (χ3n) is 7.74. The maximum absolute atomic E-state index is 12.3. The van der Waals surface area contributed by atoms with Crippen molar-refractivity contribution in [2.75, 3.05) is 31.6 Å². The second-order valence-corrected chi connectivity index (χ2v) is 10.1. The van der Waals surface area contributed by atoms with Crippen LogP contribution in [-0.4, -0.2) is 53.3 Å². The van der Waals surface area contributed by atoms with Crippen LogP contribution in [0.3, 0.4) is 0 Å². The minimum Gasteiger partial charge on any atom is -0.480 e. The minimum atomic E-state index is -0.750. The number of aliphatic carboxylic acids is 1. The summed E-state index contributed by atoms with van der Waals surface area (Å²) in [4.78, 5) is 19.2. The zero-order valence-electron chi connectivity index (χ0n) is 20.0. The van der Waals surface area contributed by atoms with Gasteiger partial charge in [-0.2, -0.15) is 0 Å². The van der Waals surface area contributed by atoms with Crippen molar-refractivity contribution in [3.8, 4) is 0 Å². The van der Waals surface area contributed by atoms with Crippen molar-refractivity contribution in [3.05, 3.63) is 58.8 Å². The molecule has 3 heterocycles. The van der Waals surface area contributed by atoms with E-state index < -0.39 is 12.0 Å². The number of aryl methyl sites for hydroxylation is 2. The van der Waals surface area contributed by atoms with E-state index in [1.165, 1.54) is 36.8 Å². The summed E-state index contributed by atoms with van der Waals surface area (Å²) >= 11 is 0. The van der Waals surface area contributed by atoms with Gasteiger partial charge in [0.2, 0.25) is 0 Å². The number of unbranched alkanes of at least 4 members (excludes halogenated alkanes) is 1. The first kappa shape index (κ1) is 23.3. The number of benzene rings is 1. The maximum atomic E-state index is 12.3. The van der Waals surface area contributed by atoms with Gasteiger partial charge in [0, 0.05) is 31.9 Å². The predicted molar refractivity (Wildman–Crippen MR) is 133 cm³/mol. The van der Waals surface area contributed by atoms with Crippen molar-refractivity contribution in [1.82, 2.24) is 9.88 Å². The first-order valence-corrected chi connectivity index (χ1v) is 13.1. The number of nitrogens with zero attached hydrogens (tertiary/aromatic N) is 2. The van der Waals surface area contributed by atoms with E-state index in [-0.39, 0.29) is 6.10 Å². The van der Waals surface area contributed by atoms with Gasteiger partial charge in [0.1, 0.15) is 11.9 Å². The van der Waals surface area contributed by atoms with Gasteiger partial charge in [-0.1, -0.05) is 36.8 Å². The van der Waals surface area contributed by atoms with Gasteiger partial charge >= 0.3 is 5.97 Å². The number of nitrogens with one attached hydrogen (secondary N) is 1. The molecule has 2 fully saturated rings. The fraction of sp³-hybridized carbons (Fsp3) is 0.571. The summed E-state index contributed by atoms with van der Waals surface area (Å²) < 4.78 is 6.17. The Morgan fingerprint density at radius 3 is 2.85 bits per heavy atom. The fourth-order valence-electron chi connectivity index (χ4n) is 5.63. The summed E-state index contributed by atoms with van der Waals surface area (Å²) in [7, 11) is 0. The molecule has 1 saturated heterocycles. The van der Waals surface area contributed by atoms with Crippen molar-refractivity contribution >= 4 is 11.8 Å². The smallest absolute Gasteiger partial charge is 0.325 e. The van der Waals surface area contributed by atoms with Gasteiger partial charge in [0.15, 0.2) is 0 Å². The topological polar surface area (TPSA) is 74.7 Å². The van der Waals surface area contributed by atoms with Gasteiger partial charge in [0.05, 0.1) is 6.10 Å². The molecule has 1 saturated carbocycles. The molecular weight excluding hydrogens is 426 g/mol. The number of rotatable bonds is 10. The average molecular weight is 464 g/mol. The molecule has 2 atom stereocenters. The second kappa shape index (κ2) is 10.9. The Labute approximate surface area is 202 Å². The lowest BCUT2D eigenvalue weighted by molar-refractivity contribution is -0.143. The zero-order chi connectivity index (χ0) is 23.3. The Morgan fingerprint density at radius 2 is 2.03 bits per heavy atom. The first-order valence-electron chi connectivity index (χ1n) is 13.1. The third-order valence-corrected chi connectivity index (χ3v) is 7.74. The van der Waals surface area contributed by atoms with E-state index in [0.29, 0.717) is 12.5 Å². The Hall–Kier alpha value is -2.44. The number of aromatic nitrogens is 1. The van der Waals surface area contributed by atoms with Gasteiger partial charge in [-0.05, 0) is 80.0 Å². The molecular formula is C28H37N3O3. The average Bonchev–Trinajstić information content (AvgIpc) is 3.27. The Kier molecular flexibility index (Phi) is 7.45. The minimum absolute atomic E-state index is 0.115. The number of anilines is 1. The number of pyridine rings is 1. The van der Waals surface area contributed by atoms with Crippen LogP contribution >= 0.6 is 0 Å². The molecule has 0 spiro atoms. The highest BCUT2D eigenvalue weighted by molar-refractivity contribution is 5.76. The number of carboxylic acids is 1. The van der Waals surface area contributed by atoms with Crippen LogP contribution in [0, 0.1) is 0 Å². The molecule has 5 rings (SSSR count). The van der Waals surface area contributed by atoms with Gasteiger partial charge < -0.3 is 15.2 Å². The quantitative estimate of drug-likeness (QED) is 0.486. The van der Waals surface area contributed by atoms with Crippen LogP contribution in [0.25, 0.3) is 0 Å². The van der Waals surface area contributed by atoms with E-state index >= 15 is 0 Å². The van der Waals surface area contributed by atoms with E-state index in [2.05, 4.69) is 28.4 Å². The number of likely N-dealkylation sites (tertiary alicyclic amines) is 1. The molecule has 34 heavy (non-hydrogen) atoms. The highest BCUT2D eigenvalue weighted by Crippen LogP contribution is 2.41. The lowest BCUT2D eigenvalue weighted by Gasteiger charge is -2.32. The van der Waals surface area contributed by atoms with Crippen molar-refractivity contribution in [1.29, 1.82) is 0 Å². The first-order chi connectivity index (χ1) is 16.7. The second-order valence-electron chi connectivity index (χ2n) is 10.1. The molecule has 2 aliphatic heterocycles. The normalized spacial score (nSPS) is 21.5. The van der Waals surface area contributed by atoms with Crippen molar-refractivity contribution < 1.29 is 14.6 Å². The molecule has 0 radical (unpaired) electrons. The van der Waals surface area contributed by atoms with Gasteiger partial charge in [0.25, 0.3) is 0 Å². The highest BCUT2D eigenvalue weighted by atomic mass is 16.5. The molecule has 2 N–H and O–H groups in total. The van der Waals surface area contributed by atoms with E-state index in [9.17, 15) is 9.90 Å². The Balaban J connectivity index is 1.09. The van der Waals surface area contributed by atoms with Crippen LogP contribution in [0.1, 0.15) is 79.3 Å². The van der Waals surface area contributed by atoms with Gasteiger partial charge in [-0.3, -0.25) is 9.69 Å². The van der Waals surface area contributed by atoms with Crippen LogP contribution in [0.2, 0.25) is 0 Å². The number of hydrogen-bond acceptors (Lipinski definition) is 5. The lowest BCUT2D eigenvalue weighted by atomic mass is 9.77. The third kappa shape index (κ3) is 5.28. The summed E-state index contributed by atoms with van der Waals surface area (Å²) in [6, 6.07) is 12.0. The lowest BCUT2D eigenvalue weighted by Crippen LogP contribution is -2.34. The molecule has 6 nitrogen and oxygen atoms in total. The number of ether oxygens (including phenoxy) is 1. The highest BCUT2D eigenvalue weighted by Gasteiger charge is 2.36. The monoisotopic (exact) mass is 463 g/mol. The van der Waals surface area contributed by atoms with E-state index in [0.717, 1.165) is 68.9 Å². The molecule has 0 bridgehead atoms. The van der Waals surface area contributed by atoms with E-state index in [1.54, 1.807) is 0 Å². The molecule has 2 aromatic rings. The van der Waals surface area contributed by atoms with E-state index in [4.69, 9.17) is 9.72 Å². The fourth-order valence-corrected chi connectivity index (χ4v) is 5.63. The number of fused-ring (bicyclic) bond motifs is 1. The van der Waals surface area contributed by atoms with Crippen molar-refractivity contribution in [2.24, 2.45) is 0 Å². The molecule has 1 aromatic carbocycles. The van der Waals surface area contributed by atoms with Crippen LogP contribution in [-0.2, 0) is 22.4 Å². The molecule has 182 valence electrons. The van der Waals surface area contributed by atoms with Gasteiger partial charge in [-0.25, -0.2) is 4.98 Å². The Bertz CT molecular complexity index is 991. The van der Waals surface area contributed by atoms with Crippen LogP contribution in [0.5, 0.6) is 0 Å². The Morgan fingerprint density at radius 1 is 1.15 bits per heavy atom. The van der Waals surface area contributed by atoms with Crippen molar-refractivity contribution in [2.45, 2.75) is 75.9 Å². The van der Waals surface area contributed by atoms with Crippen LogP contribution < -0.4 is 5.32 Å². The summed E-state index contributed by atoms with van der Waals surface area (Å²) in [5.41, 5.74) is 4.69. The molecule has 1 aromatic heterocycles. The maximum Gasteiger partial charge on any atom is 0.325 e. The summed E-state index contributed by atoms with van der Waals surface area (Å²) in [5.74, 6) is 0.838. The summed E-state index contributed by atoms with van der Waals surface area (Å²) in [6.07, 6.45) is 9.92. The largest absolute Gasteiger partial charge is 0.480 e. The van der Waals surface area contributed by atoms with E-state index in [1.807, 2.05) is 18.2 Å². The SMILES string of the molecule is O=C(O)[C@@H](c1ccccc1C1CCC1)N1CC[C@@H](OCCCCc2ccc3c(n2)NCCC3)C1. The molecule has 0 unspecified atom stereocenters. The summed E-state index contributed by atoms with van der Waals surface area (Å²) in [6.45, 7) is 3.20. The zero-order valence-corrected chi connectivity index (χ0v) is 20.0. The van der Waals surface area contributed by atoms with Gasteiger partial charge in [-0.15, -0.1) is 0 Å². The molecule has 0 amide bonds. The van der Waals surface area contributed by atoms with Crippen molar-refractivity contribution in [3.63, 3.8) is 0 Å². The van der Waals surface area contributed by atoms with Crippen LogP contribution in [0.4, 0.5) is 5.82 Å². The number of carbonyl (C=O) groups is 1. The summed E-state index contributed by atoms with van der Waals surface area (Å²) in [5, 5.41) is 13.5. The predicted octanol–water partition coefficient (Wildman–Crippen LogP) is 4.95. The molecule has 3 aliphatic rings. The molecule has 1 aliphatic carbocycles. The standard InChI is InChI=1S/C28H37N3O3/c32-28(33)26(25-12-2-1-11-24(25)20-7-5-8-20)31-17-15-23(19-31)34-18-4-3-10-22-14-13-21-9-6-16-29-27(21)30-22/h1-2,11-14,20,23,26H,3-10,15-19H2,(H,29,30)(H,32,33)/t23-,26-/m1/s1.